The molecule has 3 aromatic rings. The maximum atomic E-state index is 13.2. The van der Waals surface area contributed by atoms with Gasteiger partial charge in [-0.2, -0.15) is 0 Å². The van der Waals surface area contributed by atoms with Crippen LogP contribution in [0, 0.1) is 11.8 Å². The summed E-state index contributed by atoms with van der Waals surface area (Å²) in [5.41, 5.74) is 0.298. The zero-order chi connectivity index (χ0) is 23.1. The van der Waals surface area contributed by atoms with Crippen molar-refractivity contribution in [3.05, 3.63) is 93.3 Å². The van der Waals surface area contributed by atoms with E-state index in [1.54, 1.807) is 43.5 Å². The summed E-state index contributed by atoms with van der Waals surface area (Å²) in [6, 6.07) is 15.4. The van der Waals surface area contributed by atoms with E-state index in [1.165, 1.54) is 9.58 Å². The van der Waals surface area contributed by atoms with E-state index >= 15 is 0 Å². The topological polar surface area (TPSA) is 106 Å². The van der Waals surface area contributed by atoms with Gasteiger partial charge in [0.15, 0.2) is 0 Å². The highest BCUT2D eigenvalue weighted by atomic mass is 16.5. The molecule has 1 aromatic heterocycles. The summed E-state index contributed by atoms with van der Waals surface area (Å²) in [7, 11) is 1.54. The molecule has 0 bridgehead atoms. The van der Waals surface area contributed by atoms with E-state index < -0.39 is 29.3 Å². The number of imide groups is 1. The van der Waals surface area contributed by atoms with Crippen molar-refractivity contribution in [1.82, 2.24) is 14.3 Å². The number of ether oxygens (including phenoxy) is 1. The Morgan fingerprint density at radius 2 is 1.67 bits per heavy atom. The van der Waals surface area contributed by atoms with Gasteiger partial charge in [0.2, 0.25) is 11.8 Å². The van der Waals surface area contributed by atoms with Crippen LogP contribution >= 0.6 is 0 Å². The standard InChI is InChI=1S/C24H22N4O5/c1-33-18-10-7-16(8-11-18)27-21(29)19-12-9-17(13-20(19)22(27)30)28-24(32)26(23(31)25-28)14-15-5-3-2-4-6-15/h2-12,17,19-20H,13-14H2,1H3,(H,25,31). The summed E-state index contributed by atoms with van der Waals surface area (Å²) < 4.78 is 7.51. The Balaban J connectivity index is 1.41. The Hall–Kier alpha value is -4.14. The van der Waals surface area contributed by atoms with Gasteiger partial charge < -0.3 is 4.74 Å². The molecular formula is C24H22N4O5. The molecule has 9 heteroatoms. The van der Waals surface area contributed by atoms with Crippen LogP contribution < -0.4 is 21.0 Å². The van der Waals surface area contributed by atoms with Crippen LogP contribution in [0.15, 0.2) is 76.3 Å². The van der Waals surface area contributed by atoms with E-state index in [1.807, 2.05) is 30.3 Å². The van der Waals surface area contributed by atoms with Gasteiger partial charge in [0, 0.05) is 0 Å². The number of nitrogens with zero attached hydrogens (tertiary/aromatic N) is 3. The molecule has 3 atom stereocenters. The molecule has 2 amide bonds. The van der Waals surface area contributed by atoms with Gasteiger partial charge in [0.05, 0.1) is 37.2 Å². The summed E-state index contributed by atoms with van der Waals surface area (Å²) >= 11 is 0. The molecule has 1 aliphatic carbocycles. The first-order chi connectivity index (χ1) is 16.0. The number of fused-ring (bicyclic) bond motifs is 1. The normalized spacial score (nSPS) is 22.0. The molecule has 2 aromatic carbocycles. The van der Waals surface area contributed by atoms with Crippen LogP contribution in [0.1, 0.15) is 18.0 Å². The largest absolute Gasteiger partial charge is 0.497 e. The van der Waals surface area contributed by atoms with Gasteiger partial charge in [-0.25, -0.2) is 28.8 Å². The third-order valence-corrected chi connectivity index (χ3v) is 6.26. The van der Waals surface area contributed by atoms with Gasteiger partial charge >= 0.3 is 11.4 Å². The Morgan fingerprint density at radius 3 is 2.36 bits per heavy atom. The maximum absolute atomic E-state index is 13.2. The molecular weight excluding hydrogens is 424 g/mol. The fourth-order valence-corrected chi connectivity index (χ4v) is 4.54. The van der Waals surface area contributed by atoms with Gasteiger partial charge in [-0.3, -0.25) is 9.59 Å². The van der Waals surface area contributed by atoms with Crippen LogP contribution in [0.4, 0.5) is 5.69 Å². The SMILES string of the molecule is COc1ccc(N2C(=O)C3C=CC(n4[nH]c(=O)n(Cc5ccccc5)c4=O)CC3C2=O)cc1. The number of aromatic amines is 1. The van der Waals surface area contributed by atoms with Crippen LogP contribution in [-0.2, 0) is 16.1 Å². The van der Waals surface area contributed by atoms with Crippen molar-refractivity contribution >= 4 is 17.5 Å². The first-order valence-corrected chi connectivity index (χ1v) is 10.6. The lowest BCUT2D eigenvalue weighted by atomic mass is 9.84. The monoisotopic (exact) mass is 446 g/mol. The molecule has 2 aliphatic rings. The number of methoxy groups -OCH3 is 1. The lowest BCUT2D eigenvalue weighted by molar-refractivity contribution is -0.122. The number of anilines is 1. The number of aromatic nitrogens is 3. The number of allylic oxidation sites excluding steroid dienone is 1. The predicted molar refractivity (Wildman–Crippen MR) is 120 cm³/mol. The van der Waals surface area contributed by atoms with E-state index in [-0.39, 0.29) is 24.8 Å². The van der Waals surface area contributed by atoms with Crippen molar-refractivity contribution < 1.29 is 14.3 Å². The summed E-state index contributed by atoms with van der Waals surface area (Å²) in [6.45, 7) is 0.146. The lowest BCUT2D eigenvalue weighted by Crippen LogP contribution is -2.33. The smallest absolute Gasteiger partial charge is 0.347 e. The number of hydrogen-bond donors (Lipinski definition) is 1. The summed E-state index contributed by atoms with van der Waals surface area (Å²) in [5, 5.41) is 2.60. The van der Waals surface area contributed by atoms with Crippen LogP contribution in [0.3, 0.4) is 0 Å². The molecule has 0 spiro atoms. The van der Waals surface area contributed by atoms with Crippen molar-refractivity contribution in [2.45, 2.75) is 19.0 Å². The van der Waals surface area contributed by atoms with Gasteiger partial charge in [-0.05, 0) is 36.2 Å². The Kier molecular flexibility index (Phi) is 5.08. The molecule has 1 aliphatic heterocycles. The second-order valence-corrected chi connectivity index (χ2v) is 8.17. The van der Waals surface area contributed by atoms with Gasteiger partial charge in [-0.15, -0.1) is 0 Å². The minimum absolute atomic E-state index is 0.146. The Morgan fingerprint density at radius 1 is 0.939 bits per heavy atom. The molecule has 3 unspecified atom stereocenters. The van der Waals surface area contributed by atoms with Gasteiger partial charge in [-0.1, -0.05) is 42.5 Å². The first kappa shape index (κ1) is 20.7. The van der Waals surface area contributed by atoms with Crippen LogP contribution in [-0.4, -0.2) is 33.3 Å². The lowest BCUT2D eigenvalue weighted by Gasteiger charge is -2.23. The quantitative estimate of drug-likeness (QED) is 0.474. The van der Waals surface area contributed by atoms with Crippen LogP contribution in [0.5, 0.6) is 5.75 Å². The summed E-state index contributed by atoms with van der Waals surface area (Å²) in [6.07, 6.45) is 3.62. The molecule has 1 N–H and O–H groups in total. The maximum Gasteiger partial charge on any atom is 0.347 e. The number of carbonyl (C=O) groups excluding carboxylic acids is 2. The highest BCUT2D eigenvalue weighted by molar-refractivity contribution is 6.22. The number of amides is 2. The van der Waals surface area contributed by atoms with E-state index in [0.29, 0.717) is 11.4 Å². The number of nitrogens with one attached hydrogen (secondary N) is 1. The zero-order valence-corrected chi connectivity index (χ0v) is 17.9. The molecule has 1 fully saturated rings. The van der Waals surface area contributed by atoms with Crippen molar-refractivity contribution in [1.29, 1.82) is 0 Å². The van der Waals surface area contributed by atoms with E-state index in [9.17, 15) is 19.2 Å². The van der Waals surface area contributed by atoms with Crippen LogP contribution in [0.25, 0.3) is 0 Å². The highest BCUT2D eigenvalue weighted by Crippen LogP contribution is 2.40. The molecule has 0 radical (unpaired) electrons. The second kappa shape index (κ2) is 8.09. The molecule has 33 heavy (non-hydrogen) atoms. The van der Waals surface area contributed by atoms with Gasteiger partial charge in [0.25, 0.3) is 0 Å². The summed E-state index contributed by atoms with van der Waals surface area (Å²) in [5.74, 6) is -1.19. The average Bonchev–Trinajstić information content (AvgIpc) is 3.26. The third-order valence-electron chi connectivity index (χ3n) is 6.26. The Bertz CT molecular complexity index is 1350. The first-order valence-electron chi connectivity index (χ1n) is 10.6. The fourth-order valence-electron chi connectivity index (χ4n) is 4.54. The molecule has 0 saturated carbocycles. The minimum atomic E-state index is -0.609. The van der Waals surface area contributed by atoms with E-state index in [2.05, 4.69) is 5.10 Å². The van der Waals surface area contributed by atoms with E-state index in [4.69, 9.17) is 4.74 Å². The molecule has 2 heterocycles. The number of H-pyrrole nitrogens is 1. The van der Waals surface area contributed by atoms with Crippen molar-refractivity contribution in [2.75, 3.05) is 12.0 Å². The predicted octanol–water partition coefficient (Wildman–Crippen LogP) is 1.70. The summed E-state index contributed by atoms with van der Waals surface area (Å²) in [4.78, 5) is 52.7. The minimum Gasteiger partial charge on any atom is -0.497 e. The number of rotatable bonds is 5. The zero-order valence-electron chi connectivity index (χ0n) is 17.9. The number of benzene rings is 2. The molecule has 168 valence electrons. The molecule has 5 rings (SSSR count). The second-order valence-electron chi connectivity index (χ2n) is 8.17. The fraction of sp³-hybridized carbons (Fsp3) is 0.250. The van der Waals surface area contributed by atoms with Crippen LogP contribution in [0.2, 0.25) is 0 Å². The van der Waals surface area contributed by atoms with Crippen molar-refractivity contribution in [3.8, 4) is 5.75 Å². The Labute approximate surface area is 188 Å². The van der Waals surface area contributed by atoms with Gasteiger partial charge in [0.1, 0.15) is 5.75 Å². The number of hydrogen-bond acceptors (Lipinski definition) is 5. The average molecular weight is 446 g/mol. The van der Waals surface area contributed by atoms with Crippen molar-refractivity contribution in [2.24, 2.45) is 11.8 Å². The third kappa shape index (κ3) is 3.51. The molecule has 9 nitrogen and oxygen atoms in total. The molecule has 1 saturated heterocycles. The van der Waals surface area contributed by atoms with Crippen molar-refractivity contribution in [3.63, 3.8) is 0 Å². The number of carbonyl (C=O) groups is 2. The van der Waals surface area contributed by atoms with E-state index in [0.717, 1.165) is 10.1 Å². The highest BCUT2D eigenvalue weighted by Gasteiger charge is 2.49.